The van der Waals surface area contributed by atoms with Crippen LogP contribution < -0.4 is 4.90 Å². The third kappa shape index (κ3) is 2.73. The monoisotopic (exact) mass is 234 g/mol. The van der Waals surface area contributed by atoms with Gasteiger partial charge in [-0.05, 0) is 12.1 Å². The first-order valence-electron chi connectivity index (χ1n) is 5.09. The van der Waals surface area contributed by atoms with E-state index in [1.165, 1.54) is 0 Å². The summed E-state index contributed by atoms with van der Waals surface area (Å²) in [4.78, 5) is 12.4. The van der Waals surface area contributed by atoms with Gasteiger partial charge in [-0.3, -0.25) is 0 Å². The first-order chi connectivity index (χ1) is 8.31. The zero-order valence-electron chi connectivity index (χ0n) is 8.99. The maximum absolute atomic E-state index is 12.9. The number of rotatable bonds is 4. The Kier molecular flexibility index (Phi) is 3.56. The third-order valence-corrected chi connectivity index (χ3v) is 2.16. The average molecular weight is 234 g/mol. The summed E-state index contributed by atoms with van der Waals surface area (Å²) in [7, 11) is 0. The Morgan fingerprint density at radius 1 is 1.18 bits per heavy atom. The molecule has 0 aliphatic carbocycles. The summed E-state index contributed by atoms with van der Waals surface area (Å²) in [5.74, 6) is 0.178. The van der Waals surface area contributed by atoms with Crippen molar-refractivity contribution in [3.05, 3.63) is 42.7 Å². The van der Waals surface area contributed by atoms with E-state index in [1.54, 1.807) is 4.90 Å². The van der Waals surface area contributed by atoms with E-state index < -0.39 is 6.08 Å². The van der Waals surface area contributed by atoms with E-state index in [9.17, 15) is 4.39 Å². The van der Waals surface area contributed by atoms with E-state index >= 15 is 0 Å². The lowest BCUT2D eigenvalue weighted by molar-refractivity contribution is 0.305. The predicted molar refractivity (Wildman–Crippen MR) is 60.3 cm³/mol. The summed E-state index contributed by atoms with van der Waals surface area (Å²) in [6.07, 6.45) is 0.263. The molecule has 0 saturated carbocycles. The van der Waals surface area contributed by atoms with Gasteiger partial charge in [0.2, 0.25) is 5.95 Å². The summed E-state index contributed by atoms with van der Waals surface area (Å²) < 4.78 is 12.9. The Balaban J connectivity index is 2.35. The molecule has 1 heterocycles. The number of aliphatic hydroxyl groups is 1. The zero-order valence-corrected chi connectivity index (χ0v) is 8.99. The van der Waals surface area contributed by atoms with Crippen molar-refractivity contribution in [2.75, 3.05) is 18.1 Å². The fraction of sp³-hybridized carbons (Fsp3) is 0.182. The SMILES string of the molecule is OCCN(c1ccccc1)c1ncnc(F)n1. The van der Waals surface area contributed by atoms with Gasteiger partial charge in [0.1, 0.15) is 6.33 Å². The first-order valence-corrected chi connectivity index (χ1v) is 5.09. The minimum Gasteiger partial charge on any atom is -0.395 e. The highest BCUT2D eigenvalue weighted by molar-refractivity contribution is 5.56. The Bertz CT molecular complexity index is 480. The van der Waals surface area contributed by atoms with Crippen molar-refractivity contribution in [3.63, 3.8) is 0 Å². The van der Waals surface area contributed by atoms with Crippen LogP contribution in [0.25, 0.3) is 0 Å². The molecule has 0 spiro atoms. The van der Waals surface area contributed by atoms with Gasteiger partial charge in [-0.15, -0.1) is 0 Å². The Morgan fingerprint density at radius 2 is 1.94 bits per heavy atom. The lowest BCUT2D eigenvalue weighted by Crippen LogP contribution is -2.23. The molecule has 0 fully saturated rings. The number of aromatic nitrogens is 3. The van der Waals surface area contributed by atoms with Crippen LogP contribution in [0.2, 0.25) is 0 Å². The topological polar surface area (TPSA) is 62.1 Å². The summed E-state index contributed by atoms with van der Waals surface area (Å²) in [6, 6.07) is 9.22. The number of nitrogens with zero attached hydrogens (tertiary/aromatic N) is 4. The standard InChI is InChI=1S/C11H11FN4O/c12-10-13-8-14-11(15-10)16(6-7-17)9-4-2-1-3-5-9/h1-5,8,17H,6-7H2. The van der Waals surface area contributed by atoms with Crippen LogP contribution in [0.4, 0.5) is 16.0 Å². The maximum Gasteiger partial charge on any atom is 0.313 e. The largest absolute Gasteiger partial charge is 0.395 e. The molecule has 17 heavy (non-hydrogen) atoms. The van der Waals surface area contributed by atoms with Gasteiger partial charge in [0.25, 0.3) is 0 Å². The Morgan fingerprint density at radius 3 is 2.59 bits per heavy atom. The summed E-state index contributed by atoms with van der Waals surface area (Å²) >= 11 is 0. The van der Waals surface area contributed by atoms with Crippen LogP contribution in [0.3, 0.4) is 0 Å². The second-order valence-corrected chi connectivity index (χ2v) is 3.27. The van der Waals surface area contributed by atoms with E-state index in [1.807, 2.05) is 30.3 Å². The van der Waals surface area contributed by atoms with Crippen LogP contribution in [0.15, 0.2) is 36.7 Å². The van der Waals surface area contributed by atoms with Crippen molar-refractivity contribution < 1.29 is 9.50 Å². The number of aliphatic hydroxyl groups excluding tert-OH is 1. The van der Waals surface area contributed by atoms with E-state index in [2.05, 4.69) is 15.0 Å². The minimum absolute atomic E-state index is 0.0812. The normalized spacial score (nSPS) is 10.2. The summed E-state index contributed by atoms with van der Waals surface area (Å²) in [6.45, 7) is 0.204. The van der Waals surface area contributed by atoms with Crippen LogP contribution >= 0.6 is 0 Å². The number of halogens is 1. The Labute approximate surface area is 97.6 Å². The zero-order chi connectivity index (χ0) is 12.1. The lowest BCUT2D eigenvalue weighted by atomic mass is 10.3. The Hall–Kier alpha value is -2.08. The molecule has 0 amide bonds. The van der Waals surface area contributed by atoms with E-state index in [-0.39, 0.29) is 19.1 Å². The second kappa shape index (κ2) is 5.31. The molecule has 0 unspecified atom stereocenters. The maximum atomic E-state index is 12.9. The molecule has 0 radical (unpaired) electrons. The molecule has 1 aromatic carbocycles. The highest BCUT2D eigenvalue weighted by Gasteiger charge is 2.12. The van der Waals surface area contributed by atoms with Gasteiger partial charge in [0, 0.05) is 12.2 Å². The second-order valence-electron chi connectivity index (χ2n) is 3.27. The summed E-state index contributed by atoms with van der Waals surface area (Å²) in [5.41, 5.74) is 0.784. The van der Waals surface area contributed by atoms with Crippen molar-refractivity contribution in [2.45, 2.75) is 0 Å². The van der Waals surface area contributed by atoms with Gasteiger partial charge in [0.05, 0.1) is 6.61 Å². The molecule has 1 N–H and O–H groups in total. The molecule has 1 aromatic heterocycles. The number of para-hydroxylation sites is 1. The average Bonchev–Trinajstić information content (AvgIpc) is 2.37. The lowest BCUT2D eigenvalue weighted by Gasteiger charge is -2.21. The highest BCUT2D eigenvalue weighted by atomic mass is 19.1. The molecule has 6 heteroatoms. The smallest absolute Gasteiger partial charge is 0.313 e. The van der Waals surface area contributed by atoms with Gasteiger partial charge < -0.3 is 10.0 Å². The predicted octanol–water partition coefficient (Wildman–Crippen LogP) is 1.14. The van der Waals surface area contributed by atoms with E-state index in [0.717, 1.165) is 12.0 Å². The molecular weight excluding hydrogens is 223 g/mol. The molecule has 0 bridgehead atoms. The quantitative estimate of drug-likeness (QED) is 0.859. The fourth-order valence-electron chi connectivity index (χ4n) is 1.45. The number of hydrogen-bond acceptors (Lipinski definition) is 5. The molecule has 5 nitrogen and oxygen atoms in total. The highest BCUT2D eigenvalue weighted by Crippen LogP contribution is 2.20. The minimum atomic E-state index is -0.839. The molecular formula is C11H11FN4O. The van der Waals surface area contributed by atoms with Gasteiger partial charge in [0.15, 0.2) is 0 Å². The van der Waals surface area contributed by atoms with Gasteiger partial charge in [-0.2, -0.15) is 14.4 Å². The fourth-order valence-corrected chi connectivity index (χ4v) is 1.45. The molecule has 0 aliphatic heterocycles. The van der Waals surface area contributed by atoms with Crippen LogP contribution in [-0.2, 0) is 0 Å². The first kappa shape index (κ1) is 11.4. The van der Waals surface area contributed by atoms with Crippen molar-refractivity contribution >= 4 is 11.6 Å². The number of benzene rings is 1. The van der Waals surface area contributed by atoms with Crippen LogP contribution in [0.1, 0.15) is 0 Å². The molecule has 0 aliphatic rings. The molecule has 0 atom stereocenters. The molecule has 2 rings (SSSR count). The number of anilines is 2. The molecule has 2 aromatic rings. The third-order valence-electron chi connectivity index (χ3n) is 2.16. The van der Waals surface area contributed by atoms with E-state index in [4.69, 9.17) is 5.11 Å². The van der Waals surface area contributed by atoms with Crippen molar-refractivity contribution in [1.82, 2.24) is 15.0 Å². The number of hydrogen-bond donors (Lipinski definition) is 1. The summed E-state index contributed by atoms with van der Waals surface area (Å²) in [5, 5.41) is 9.02. The van der Waals surface area contributed by atoms with Crippen LogP contribution in [0, 0.1) is 6.08 Å². The van der Waals surface area contributed by atoms with E-state index in [0.29, 0.717) is 0 Å². The van der Waals surface area contributed by atoms with Crippen LogP contribution in [0.5, 0.6) is 0 Å². The van der Waals surface area contributed by atoms with Crippen LogP contribution in [-0.4, -0.2) is 33.2 Å². The van der Waals surface area contributed by atoms with Gasteiger partial charge in [-0.1, -0.05) is 18.2 Å². The van der Waals surface area contributed by atoms with Gasteiger partial charge >= 0.3 is 6.08 Å². The molecule has 0 saturated heterocycles. The van der Waals surface area contributed by atoms with Crippen molar-refractivity contribution in [3.8, 4) is 0 Å². The van der Waals surface area contributed by atoms with Crippen molar-refractivity contribution in [2.24, 2.45) is 0 Å². The van der Waals surface area contributed by atoms with Gasteiger partial charge in [-0.25, -0.2) is 4.98 Å². The molecule has 88 valence electrons. The van der Waals surface area contributed by atoms with Crippen molar-refractivity contribution in [1.29, 1.82) is 0 Å².